The van der Waals surface area contributed by atoms with E-state index in [1.54, 1.807) is 12.1 Å². The first-order valence-corrected chi connectivity index (χ1v) is 10.1. The lowest BCUT2D eigenvalue weighted by Gasteiger charge is -2.06. The van der Waals surface area contributed by atoms with Crippen LogP contribution in [0.4, 0.5) is 22.0 Å². The van der Waals surface area contributed by atoms with Gasteiger partial charge in [-0.2, -0.15) is 15.0 Å². The van der Waals surface area contributed by atoms with E-state index in [-0.39, 0.29) is 17.7 Å². The van der Waals surface area contributed by atoms with Gasteiger partial charge in [0.15, 0.2) is 0 Å². The van der Waals surface area contributed by atoms with Crippen molar-refractivity contribution in [1.82, 2.24) is 25.1 Å². The van der Waals surface area contributed by atoms with Gasteiger partial charge >= 0.3 is 0 Å². The normalized spacial score (nSPS) is 10.8. The van der Waals surface area contributed by atoms with Gasteiger partial charge in [-0.25, -0.2) is 4.39 Å². The Morgan fingerprint density at radius 3 is 2.62 bits per heavy atom. The number of thioether (sulfide) groups is 1. The molecule has 11 heteroatoms. The lowest BCUT2D eigenvalue weighted by atomic mass is 10.2. The second-order valence-corrected chi connectivity index (χ2v) is 7.49. The molecule has 0 aliphatic rings. The molecule has 0 saturated heterocycles. The summed E-state index contributed by atoms with van der Waals surface area (Å²) in [5.41, 5.74) is 7.21. The van der Waals surface area contributed by atoms with Crippen LogP contribution in [0.1, 0.15) is 5.82 Å². The first-order chi connectivity index (χ1) is 14.1. The van der Waals surface area contributed by atoms with Crippen molar-refractivity contribution in [2.45, 2.75) is 11.0 Å². The van der Waals surface area contributed by atoms with Gasteiger partial charge in [-0.15, -0.1) is 10.2 Å². The van der Waals surface area contributed by atoms with Crippen LogP contribution in [-0.2, 0) is 5.75 Å². The maximum absolute atomic E-state index is 13.0. The molecule has 0 spiro atoms. The van der Waals surface area contributed by atoms with E-state index in [4.69, 9.17) is 10.2 Å². The van der Waals surface area contributed by atoms with Crippen LogP contribution >= 0.6 is 27.7 Å². The molecule has 4 aromatic rings. The Labute approximate surface area is 177 Å². The van der Waals surface area contributed by atoms with Gasteiger partial charge in [-0.3, -0.25) is 0 Å². The maximum atomic E-state index is 13.0. The maximum Gasteiger partial charge on any atom is 0.277 e. The number of benzene rings is 2. The van der Waals surface area contributed by atoms with E-state index in [0.29, 0.717) is 28.4 Å². The molecule has 0 fully saturated rings. The topological polar surface area (TPSA) is 116 Å². The van der Waals surface area contributed by atoms with Crippen LogP contribution in [0.2, 0.25) is 0 Å². The second-order valence-electron chi connectivity index (χ2n) is 5.71. The number of halogens is 2. The van der Waals surface area contributed by atoms with Gasteiger partial charge in [-0.1, -0.05) is 23.9 Å². The highest BCUT2D eigenvalue weighted by Crippen LogP contribution is 2.29. The summed E-state index contributed by atoms with van der Waals surface area (Å²) in [4.78, 5) is 12.5. The van der Waals surface area contributed by atoms with Crippen LogP contribution in [-0.4, -0.2) is 25.1 Å². The molecule has 0 aliphatic carbocycles. The van der Waals surface area contributed by atoms with E-state index in [0.717, 1.165) is 10.0 Å². The Balaban J connectivity index is 1.45. The summed E-state index contributed by atoms with van der Waals surface area (Å²) in [6.07, 6.45) is 0. The minimum atomic E-state index is -0.329. The molecule has 146 valence electrons. The summed E-state index contributed by atoms with van der Waals surface area (Å²) < 4.78 is 19.6. The van der Waals surface area contributed by atoms with Crippen LogP contribution < -0.4 is 11.1 Å². The molecule has 29 heavy (non-hydrogen) atoms. The zero-order chi connectivity index (χ0) is 20.2. The molecule has 0 atom stereocenters. The SMILES string of the molecule is Nc1nc(CSc2nnc(-c3ccccc3Br)o2)nc(Nc2ccc(F)cc2)n1. The van der Waals surface area contributed by atoms with E-state index in [1.165, 1.54) is 23.9 Å². The van der Waals surface area contributed by atoms with Crippen molar-refractivity contribution in [3.63, 3.8) is 0 Å². The molecule has 0 bridgehead atoms. The summed E-state index contributed by atoms with van der Waals surface area (Å²) in [6.45, 7) is 0. The Hall–Kier alpha value is -3.05. The number of nitrogens with one attached hydrogen (secondary N) is 1. The van der Waals surface area contributed by atoms with Crippen molar-refractivity contribution < 1.29 is 8.81 Å². The number of anilines is 3. The summed E-state index contributed by atoms with van der Waals surface area (Å²) in [6, 6.07) is 13.4. The van der Waals surface area contributed by atoms with Gasteiger partial charge < -0.3 is 15.5 Å². The fraction of sp³-hybridized carbons (Fsp3) is 0.0556. The molecule has 0 aliphatic heterocycles. The van der Waals surface area contributed by atoms with E-state index in [2.05, 4.69) is 46.4 Å². The van der Waals surface area contributed by atoms with Crippen LogP contribution in [0.15, 0.2) is 62.6 Å². The zero-order valence-corrected chi connectivity index (χ0v) is 17.1. The summed E-state index contributed by atoms with van der Waals surface area (Å²) in [5, 5.41) is 11.5. The molecule has 8 nitrogen and oxygen atoms in total. The minimum absolute atomic E-state index is 0.0691. The van der Waals surface area contributed by atoms with E-state index in [1.807, 2.05) is 24.3 Å². The molecule has 0 amide bonds. The fourth-order valence-corrected chi connectivity index (χ4v) is 3.43. The molecule has 2 aromatic carbocycles. The lowest BCUT2D eigenvalue weighted by molar-refractivity contribution is 0.465. The smallest absolute Gasteiger partial charge is 0.277 e. The van der Waals surface area contributed by atoms with Crippen LogP contribution in [0.5, 0.6) is 0 Å². The van der Waals surface area contributed by atoms with Gasteiger partial charge in [0.05, 0.1) is 11.3 Å². The Morgan fingerprint density at radius 2 is 1.83 bits per heavy atom. The first-order valence-electron chi connectivity index (χ1n) is 8.31. The highest BCUT2D eigenvalue weighted by atomic mass is 79.9. The number of aromatic nitrogens is 5. The molecule has 0 unspecified atom stereocenters. The average molecular weight is 474 g/mol. The van der Waals surface area contributed by atoms with Crippen LogP contribution in [0, 0.1) is 5.82 Å². The molecule has 2 aromatic heterocycles. The van der Waals surface area contributed by atoms with Crippen molar-refractivity contribution in [3.05, 3.63) is 64.6 Å². The zero-order valence-electron chi connectivity index (χ0n) is 14.7. The lowest BCUT2D eigenvalue weighted by Crippen LogP contribution is -2.06. The number of rotatable bonds is 6. The van der Waals surface area contributed by atoms with Gasteiger partial charge in [-0.05, 0) is 52.3 Å². The molecule has 0 radical (unpaired) electrons. The molecular formula is C18H13BrFN7OS. The molecule has 0 saturated carbocycles. The number of nitrogens with two attached hydrogens (primary N) is 1. The van der Waals surface area contributed by atoms with Gasteiger partial charge in [0.1, 0.15) is 11.6 Å². The van der Waals surface area contributed by atoms with Crippen molar-refractivity contribution in [2.75, 3.05) is 11.1 Å². The van der Waals surface area contributed by atoms with Crippen LogP contribution in [0.25, 0.3) is 11.5 Å². The van der Waals surface area contributed by atoms with Gasteiger partial charge in [0.25, 0.3) is 5.22 Å². The number of nitrogen functional groups attached to an aromatic ring is 1. The predicted molar refractivity (Wildman–Crippen MR) is 111 cm³/mol. The van der Waals surface area contributed by atoms with Gasteiger partial charge in [0.2, 0.25) is 17.8 Å². The summed E-state index contributed by atoms with van der Waals surface area (Å²) in [5.74, 6) is 1.20. The molecule has 3 N–H and O–H groups in total. The highest BCUT2D eigenvalue weighted by molar-refractivity contribution is 9.10. The Morgan fingerprint density at radius 1 is 1.03 bits per heavy atom. The van der Waals surface area contributed by atoms with Crippen molar-refractivity contribution in [1.29, 1.82) is 0 Å². The van der Waals surface area contributed by atoms with Crippen LogP contribution in [0.3, 0.4) is 0 Å². The van der Waals surface area contributed by atoms with Gasteiger partial charge in [0, 0.05) is 10.2 Å². The Bertz CT molecular complexity index is 1140. The quantitative estimate of drug-likeness (QED) is 0.391. The summed E-state index contributed by atoms with van der Waals surface area (Å²) in [7, 11) is 0. The standard InChI is InChI=1S/C18H13BrFN7OS/c19-13-4-2-1-3-12(13)15-26-27-18(28-15)29-9-14-23-16(21)25-17(24-14)22-11-7-5-10(20)6-8-11/h1-8H,9H2,(H3,21,22,23,24,25). The third-order valence-corrected chi connectivity index (χ3v) is 5.14. The summed E-state index contributed by atoms with van der Waals surface area (Å²) >= 11 is 4.74. The van der Waals surface area contributed by atoms with Crippen molar-refractivity contribution >= 4 is 45.3 Å². The second kappa shape index (κ2) is 8.53. The third kappa shape index (κ3) is 4.87. The van der Waals surface area contributed by atoms with E-state index >= 15 is 0 Å². The largest absolute Gasteiger partial charge is 0.411 e. The van der Waals surface area contributed by atoms with Crippen molar-refractivity contribution in [3.8, 4) is 11.5 Å². The van der Waals surface area contributed by atoms with E-state index < -0.39 is 0 Å². The third-order valence-electron chi connectivity index (χ3n) is 3.63. The predicted octanol–water partition coefficient (Wildman–Crippen LogP) is 4.44. The van der Waals surface area contributed by atoms with E-state index in [9.17, 15) is 4.39 Å². The number of hydrogen-bond acceptors (Lipinski definition) is 9. The number of hydrogen-bond donors (Lipinski definition) is 2. The van der Waals surface area contributed by atoms with Crippen molar-refractivity contribution in [2.24, 2.45) is 0 Å². The minimum Gasteiger partial charge on any atom is -0.411 e. The molecule has 2 heterocycles. The highest BCUT2D eigenvalue weighted by Gasteiger charge is 2.13. The monoisotopic (exact) mass is 473 g/mol. The molecule has 4 rings (SSSR count). The first kappa shape index (κ1) is 19.3. The molecular weight excluding hydrogens is 461 g/mol. The average Bonchev–Trinajstić information content (AvgIpc) is 3.17. The Kier molecular flexibility index (Phi) is 5.67. The fourth-order valence-electron chi connectivity index (χ4n) is 2.36. The number of nitrogens with zero attached hydrogens (tertiary/aromatic N) is 5.